The third-order valence-electron chi connectivity index (χ3n) is 2.19. The van der Waals surface area contributed by atoms with Gasteiger partial charge in [-0.25, -0.2) is 4.79 Å². The Morgan fingerprint density at radius 1 is 1.22 bits per heavy atom. The first kappa shape index (κ1) is 13.6. The van der Waals surface area contributed by atoms with Gasteiger partial charge in [0.15, 0.2) is 0 Å². The number of rotatable bonds is 6. The predicted molar refractivity (Wildman–Crippen MR) is 60.0 cm³/mol. The summed E-state index contributed by atoms with van der Waals surface area (Å²) in [4.78, 5) is 36.6. The minimum Gasteiger partial charge on any atom is -0.481 e. The van der Waals surface area contributed by atoms with Gasteiger partial charge in [-0.15, -0.1) is 0 Å². The Kier molecular flexibility index (Phi) is 4.79. The van der Waals surface area contributed by atoms with Gasteiger partial charge in [-0.05, 0) is 18.6 Å². The molecule has 1 heterocycles. The summed E-state index contributed by atoms with van der Waals surface area (Å²) in [7, 11) is 0. The average molecular weight is 252 g/mol. The number of carbonyl (C=O) groups is 3. The van der Waals surface area contributed by atoms with Crippen molar-refractivity contribution in [3.63, 3.8) is 0 Å². The Bertz CT molecular complexity index is 446. The minimum absolute atomic E-state index is 0.165. The van der Waals surface area contributed by atoms with E-state index in [1.54, 1.807) is 0 Å². The highest BCUT2D eigenvalue weighted by molar-refractivity contribution is 5.96. The van der Waals surface area contributed by atoms with Crippen molar-refractivity contribution in [1.29, 1.82) is 0 Å². The van der Waals surface area contributed by atoms with Gasteiger partial charge in [0, 0.05) is 24.4 Å². The van der Waals surface area contributed by atoms with Crippen LogP contribution in [0.25, 0.3) is 0 Å². The summed E-state index contributed by atoms with van der Waals surface area (Å²) in [5.74, 6) is -2.95. The molecule has 0 saturated carbocycles. The standard InChI is InChI=1S/C11H12N2O5/c14-9(15)2-1-8(11(17)18)13-10(16)7-3-5-12-6-4-7/h3-6,8H,1-2H2,(H,13,16)(H,14,15)(H,17,18)/t8-/m0/s1. The molecule has 96 valence electrons. The fourth-order valence-electron chi connectivity index (χ4n) is 1.27. The number of aliphatic carboxylic acids is 2. The molecular weight excluding hydrogens is 240 g/mol. The van der Waals surface area contributed by atoms with Gasteiger partial charge in [-0.2, -0.15) is 0 Å². The van der Waals surface area contributed by atoms with E-state index in [9.17, 15) is 14.4 Å². The fraction of sp³-hybridized carbons (Fsp3) is 0.273. The number of pyridine rings is 1. The molecule has 0 fully saturated rings. The zero-order valence-corrected chi connectivity index (χ0v) is 9.37. The zero-order chi connectivity index (χ0) is 13.5. The quantitative estimate of drug-likeness (QED) is 0.662. The van der Waals surface area contributed by atoms with E-state index < -0.39 is 23.9 Å². The summed E-state index contributed by atoms with van der Waals surface area (Å²) >= 11 is 0. The lowest BCUT2D eigenvalue weighted by atomic mass is 10.1. The van der Waals surface area contributed by atoms with E-state index in [-0.39, 0.29) is 18.4 Å². The first-order valence-corrected chi connectivity index (χ1v) is 5.16. The number of amides is 1. The number of nitrogens with zero attached hydrogens (tertiary/aromatic N) is 1. The van der Waals surface area contributed by atoms with Gasteiger partial charge < -0.3 is 15.5 Å². The number of hydrogen-bond donors (Lipinski definition) is 3. The van der Waals surface area contributed by atoms with Gasteiger partial charge in [-0.1, -0.05) is 0 Å². The van der Waals surface area contributed by atoms with Crippen LogP contribution < -0.4 is 5.32 Å². The maximum absolute atomic E-state index is 11.7. The van der Waals surface area contributed by atoms with Crippen LogP contribution in [0.1, 0.15) is 23.2 Å². The van der Waals surface area contributed by atoms with Crippen LogP contribution in [0.5, 0.6) is 0 Å². The molecule has 18 heavy (non-hydrogen) atoms. The van der Waals surface area contributed by atoms with Crippen molar-refractivity contribution in [2.45, 2.75) is 18.9 Å². The van der Waals surface area contributed by atoms with Crippen LogP contribution in [0.15, 0.2) is 24.5 Å². The van der Waals surface area contributed by atoms with E-state index >= 15 is 0 Å². The van der Waals surface area contributed by atoms with Crippen molar-refractivity contribution in [1.82, 2.24) is 10.3 Å². The molecule has 7 heteroatoms. The molecule has 0 aliphatic carbocycles. The van der Waals surface area contributed by atoms with Gasteiger partial charge in [-0.3, -0.25) is 14.6 Å². The maximum Gasteiger partial charge on any atom is 0.326 e. The summed E-state index contributed by atoms with van der Waals surface area (Å²) < 4.78 is 0. The normalized spacial score (nSPS) is 11.6. The average Bonchev–Trinajstić information content (AvgIpc) is 2.34. The van der Waals surface area contributed by atoms with E-state index in [2.05, 4.69) is 10.3 Å². The molecule has 1 amide bonds. The Morgan fingerprint density at radius 3 is 2.33 bits per heavy atom. The van der Waals surface area contributed by atoms with Gasteiger partial charge in [0.25, 0.3) is 5.91 Å². The molecule has 0 bridgehead atoms. The molecule has 0 aliphatic rings. The monoisotopic (exact) mass is 252 g/mol. The van der Waals surface area contributed by atoms with Crippen molar-refractivity contribution in [2.75, 3.05) is 0 Å². The van der Waals surface area contributed by atoms with Crippen molar-refractivity contribution in [3.05, 3.63) is 30.1 Å². The molecule has 0 radical (unpaired) electrons. The highest BCUT2D eigenvalue weighted by Gasteiger charge is 2.21. The van der Waals surface area contributed by atoms with Crippen molar-refractivity contribution in [2.24, 2.45) is 0 Å². The van der Waals surface area contributed by atoms with Crippen LogP contribution in [-0.2, 0) is 9.59 Å². The van der Waals surface area contributed by atoms with Crippen LogP contribution in [0, 0.1) is 0 Å². The smallest absolute Gasteiger partial charge is 0.326 e. The second-order valence-corrected chi connectivity index (χ2v) is 3.53. The Hall–Kier alpha value is -2.44. The first-order valence-electron chi connectivity index (χ1n) is 5.16. The SMILES string of the molecule is O=C(O)CC[C@H](NC(=O)c1ccncc1)C(=O)O. The number of hydrogen-bond acceptors (Lipinski definition) is 4. The lowest BCUT2D eigenvalue weighted by molar-refractivity contribution is -0.140. The summed E-state index contributed by atoms with van der Waals surface area (Å²) in [5.41, 5.74) is 0.270. The molecule has 0 spiro atoms. The summed E-state index contributed by atoms with van der Waals surface area (Å²) in [6.07, 6.45) is 2.32. The Balaban J connectivity index is 2.64. The van der Waals surface area contributed by atoms with Gasteiger partial charge in [0.2, 0.25) is 0 Å². The molecule has 1 atom stereocenters. The summed E-state index contributed by atoms with van der Waals surface area (Å²) in [5, 5.41) is 19.6. The molecule has 0 aliphatic heterocycles. The molecule has 7 nitrogen and oxygen atoms in total. The largest absolute Gasteiger partial charge is 0.481 e. The first-order chi connectivity index (χ1) is 8.50. The van der Waals surface area contributed by atoms with Crippen LogP contribution >= 0.6 is 0 Å². The maximum atomic E-state index is 11.7. The zero-order valence-electron chi connectivity index (χ0n) is 9.37. The van der Waals surface area contributed by atoms with E-state index in [4.69, 9.17) is 10.2 Å². The van der Waals surface area contributed by atoms with Gasteiger partial charge in [0.05, 0.1) is 0 Å². The van der Waals surface area contributed by atoms with Crippen LogP contribution in [0.2, 0.25) is 0 Å². The number of aromatic nitrogens is 1. The molecule has 3 N–H and O–H groups in total. The van der Waals surface area contributed by atoms with Crippen molar-refractivity contribution < 1.29 is 24.6 Å². The van der Waals surface area contributed by atoms with Gasteiger partial charge >= 0.3 is 11.9 Å². The van der Waals surface area contributed by atoms with Crippen LogP contribution in [-0.4, -0.2) is 39.1 Å². The number of nitrogens with one attached hydrogen (secondary N) is 1. The van der Waals surface area contributed by atoms with Gasteiger partial charge in [0.1, 0.15) is 6.04 Å². The van der Waals surface area contributed by atoms with Crippen molar-refractivity contribution >= 4 is 17.8 Å². The van der Waals surface area contributed by atoms with E-state index in [1.807, 2.05) is 0 Å². The molecule has 0 saturated heterocycles. The second kappa shape index (κ2) is 6.33. The van der Waals surface area contributed by atoms with E-state index in [0.717, 1.165) is 0 Å². The highest BCUT2D eigenvalue weighted by atomic mass is 16.4. The summed E-state index contributed by atoms with van der Waals surface area (Å²) in [6, 6.07) is 1.65. The van der Waals surface area contributed by atoms with E-state index in [1.165, 1.54) is 24.5 Å². The number of carboxylic acids is 2. The number of carboxylic acid groups (broad SMARTS) is 2. The molecular formula is C11H12N2O5. The van der Waals surface area contributed by atoms with Crippen molar-refractivity contribution in [3.8, 4) is 0 Å². The molecule has 1 aromatic rings. The Labute approximate surface area is 102 Å². The highest BCUT2D eigenvalue weighted by Crippen LogP contribution is 2.02. The molecule has 0 unspecified atom stereocenters. The third-order valence-corrected chi connectivity index (χ3v) is 2.19. The lowest BCUT2D eigenvalue weighted by Crippen LogP contribution is -2.41. The lowest BCUT2D eigenvalue weighted by Gasteiger charge is -2.13. The molecule has 0 aromatic carbocycles. The Morgan fingerprint density at radius 2 is 1.83 bits per heavy atom. The minimum atomic E-state index is -1.27. The second-order valence-electron chi connectivity index (χ2n) is 3.53. The predicted octanol–water partition coefficient (Wildman–Crippen LogP) is 0.129. The topological polar surface area (TPSA) is 117 Å². The summed E-state index contributed by atoms with van der Waals surface area (Å²) in [6.45, 7) is 0. The van der Waals surface area contributed by atoms with Crippen LogP contribution in [0.4, 0.5) is 0 Å². The third kappa shape index (κ3) is 4.20. The number of carbonyl (C=O) groups excluding carboxylic acids is 1. The molecule has 1 aromatic heterocycles. The molecule has 1 rings (SSSR count). The van der Waals surface area contributed by atoms with E-state index in [0.29, 0.717) is 0 Å². The van der Waals surface area contributed by atoms with Crippen LogP contribution in [0.3, 0.4) is 0 Å². The fourth-order valence-corrected chi connectivity index (χ4v) is 1.27.